The maximum absolute atomic E-state index is 5.60. The van der Waals surface area contributed by atoms with Crippen LogP contribution in [0, 0.1) is 0 Å². The second kappa shape index (κ2) is 23.9. The third-order valence-electron chi connectivity index (χ3n) is 18.0. The second-order valence-corrected chi connectivity index (χ2v) is 23.6. The topological polar surface area (TPSA) is 55.0 Å². The summed E-state index contributed by atoms with van der Waals surface area (Å²) >= 11 is 0. The van der Waals surface area contributed by atoms with Crippen LogP contribution in [0.5, 0.6) is 0 Å². The van der Waals surface area contributed by atoms with Crippen LogP contribution >= 0.6 is 0 Å². The summed E-state index contributed by atoms with van der Waals surface area (Å²) in [5.74, 6) is 1.43. The zero-order chi connectivity index (χ0) is 62.3. The number of hydrogen-bond donors (Lipinski definition) is 0. The monoisotopic (exact) mass is 1200 g/mol. The summed E-state index contributed by atoms with van der Waals surface area (Å²) in [6.07, 6.45) is 0. The standard InChI is InChI=1S/C87H59N7/c1-7-24-62(25-8-1)75-53-46-67(57-78(75)63-26-9-2-10-27-63)64-28-23-29-68(56-64)85-88-86(91(69-30-11-3-12-31-69)73-49-42-60(43-50-73)65-47-54-83-79(58-65)76-38-19-21-40-81(76)93(83)71-34-15-5-16-35-71)90-87(89-85)92(70-32-13-4-14-33-70)74-51-44-61(45-52-74)66-48-55-84-80(59-66)77-39-20-22-41-82(77)94(84)72-36-17-6-18-37-72/h1-59H. The molecule has 0 radical (unpaired) electrons. The minimum atomic E-state index is 0.457. The van der Waals surface area contributed by atoms with Gasteiger partial charge in [0.05, 0.1) is 22.1 Å². The van der Waals surface area contributed by atoms with Crippen molar-refractivity contribution in [2.75, 3.05) is 9.80 Å². The Bertz CT molecular complexity index is 5320. The van der Waals surface area contributed by atoms with Crippen molar-refractivity contribution in [1.29, 1.82) is 0 Å². The van der Waals surface area contributed by atoms with Gasteiger partial charge < -0.3 is 9.13 Å². The van der Waals surface area contributed by atoms with E-state index in [9.17, 15) is 0 Å². The maximum atomic E-state index is 5.60. The van der Waals surface area contributed by atoms with E-state index in [1.807, 2.05) is 12.1 Å². The fraction of sp³-hybridized carbons (Fsp3) is 0. The second-order valence-electron chi connectivity index (χ2n) is 23.6. The minimum Gasteiger partial charge on any atom is -0.309 e. The predicted molar refractivity (Wildman–Crippen MR) is 390 cm³/mol. The molecule has 0 atom stereocenters. The van der Waals surface area contributed by atoms with E-state index in [2.05, 4.69) is 365 Å². The molecule has 0 saturated carbocycles. The molecule has 0 amide bonds. The molecule has 0 aliphatic rings. The molecule has 14 aromatic carbocycles. The smallest absolute Gasteiger partial charge is 0.240 e. The van der Waals surface area contributed by atoms with Gasteiger partial charge in [0.15, 0.2) is 5.82 Å². The summed E-state index contributed by atoms with van der Waals surface area (Å²) in [7, 11) is 0. The maximum Gasteiger partial charge on any atom is 0.240 e. The Labute approximate surface area is 545 Å². The minimum absolute atomic E-state index is 0.457. The van der Waals surface area contributed by atoms with Crippen LogP contribution in [0.4, 0.5) is 34.6 Å². The molecule has 0 spiro atoms. The van der Waals surface area contributed by atoms with E-state index in [0.717, 1.165) is 101 Å². The molecule has 3 heterocycles. The lowest BCUT2D eigenvalue weighted by Gasteiger charge is -2.27. The molecule has 17 aromatic rings. The molecule has 94 heavy (non-hydrogen) atoms. The van der Waals surface area contributed by atoms with E-state index in [4.69, 9.17) is 15.0 Å². The van der Waals surface area contributed by atoms with Crippen molar-refractivity contribution in [2.45, 2.75) is 0 Å². The van der Waals surface area contributed by atoms with Crippen LogP contribution in [-0.2, 0) is 0 Å². The van der Waals surface area contributed by atoms with Crippen molar-refractivity contribution in [3.05, 3.63) is 358 Å². The first-order valence-corrected chi connectivity index (χ1v) is 31.8. The van der Waals surface area contributed by atoms with Gasteiger partial charge in [0.2, 0.25) is 11.9 Å². The zero-order valence-corrected chi connectivity index (χ0v) is 51.2. The fourth-order valence-electron chi connectivity index (χ4n) is 13.5. The summed E-state index contributed by atoms with van der Waals surface area (Å²) in [5.41, 5.74) is 22.5. The molecule has 0 aliphatic carbocycles. The zero-order valence-electron chi connectivity index (χ0n) is 51.2. The highest BCUT2D eigenvalue weighted by molar-refractivity contribution is 6.12. The van der Waals surface area contributed by atoms with Gasteiger partial charge in [0, 0.05) is 61.2 Å². The number of hydrogen-bond acceptors (Lipinski definition) is 5. The molecule has 7 nitrogen and oxygen atoms in total. The third-order valence-corrected chi connectivity index (χ3v) is 18.0. The van der Waals surface area contributed by atoms with Gasteiger partial charge >= 0.3 is 0 Å². The van der Waals surface area contributed by atoms with Gasteiger partial charge in [-0.05, 0) is 177 Å². The van der Waals surface area contributed by atoms with E-state index in [-0.39, 0.29) is 0 Å². The third kappa shape index (κ3) is 10.2. The first-order valence-electron chi connectivity index (χ1n) is 31.8. The van der Waals surface area contributed by atoms with E-state index in [0.29, 0.717) is 17.7 Å². The molecule has 442 valence electrons. The lowest BCUT2D eigenvalue weighted by molar-refractivity contribution is 0.989. The van der Waals surface area contributed by atoms with Crippen molar-refractivity contribution in [3.63, 3.8) is 0 Å². The summed E-state index contributed by atoms with van der Waals surface area (Å²) < 4.78 is 4.71. The highest BCUT2D eigenvalue weighted by atomic mass is 15.3. The molecule has 0 N–H and O–H groups in total. The number of nitrogens with zero attached hydrogens (tertiary/aromatic N) is 7. The van der Waals surface area contributed by atoms with Gasteiger partial charge in [-0.1, -0.05) is 237 Å². The van der Waals surface area contributed by atoms with E-state index in [1.54, 1.807) is 0 Å². The quantitative estimate of drug-likeness (QED) is 0.109. The largest absolute Gasteiger partial charge is 0.309 e. The molecule has 7 heteroatoms. The van der Waals surface area contributed by atoms with Crippen LogP contribution in [0.15, 0.2) is 358 Å². The van der Waals surface area contributed by atoms with Crippen molar-refractivity contribution in [2.24, 2.45) is 0 Å². The van der Waals surface area contributed by atoms with Crippen LogP contribution in [0.1, 0.15) is 0 Å². The Kier molecular flexibility index (Phi) is 14.1. The summed E-state index contributed by atoms with van der Waals surface area (Å²) in [5, 5.41) is 4.82. The molecule has 0 unspecified atom stereocenters. The van der Waals surface area contributed by atoms with Gasteiger partial charge in [-0.2, -0.15) is 15.0 Å². The number of anilines is 6. The van der Waals surface area contributed by atoms with Crippen molar-refractivity contribution in [1.82, 2.24) is 24.1 Å². The van der Waals surface area contributed by atoms with E-state index in [1.165, 1.54) is 38.1 Å². The summed E-state index contributed by atoms with van der Waals surface area (Å²) in [6.45, 7) is 0. The van der Waals surface area contributed by atoms with Crippen molar-refractivity contribution >= 4 is 78.3 Å². The molecule has 0 fully saturated rings. The Morgan fingerprint density at radius 2 is 0.543 bits per heavy atom. The number of fused-ring (bicyclic) bond motifs is 6. The van der Waals surface area contributed by atoms with E-state index < -0.39 is 0 Å². The lowest BCUT2D eigenvalue weighted by Crippen LogP contribution is -2.19. The first kappa shape index (κ1) is 55.4. The Morgan fingerprint density at radius 1 is 0.202 bits per heavy atom. The Hall–Kier alpha value is -12.7. The fourth-order valence-corrected chi connectivity index (χ4v) is 13.5. The number of aromatic nitrogens is 5. The van der Waals surface area contributed by atoms with Crippen molar-refractivity contribution in [3.8, 4) is 78.4 Å². The molecule has 3 aromatic heterocycles. The molecule has 0 saturated heterocycles. The summed E-state index contributed by atoms with van der Waals surface area (Å²) in [6, 6.07) is 127. The van der Waals surface area contributed by atoms with Gasteiger partial charge in [0.1, 0.15) is 0 Å². The SMILES string of the molecule is c1ccc(-c2ccc(-c3cccc(-c4nc(N(c5ccccc5)c5ccc(-c6ccc7c(c6)c6ccccc6n7-c6ccccc6)cc5)nc(N(c5ccccc5)c5ccc(-c6ccc7c(c6)c6ccccc6n7-c6ccccc6)cc5)n4)c3)cc2-c2ccccc2)cc1. The molecular formula is C87H59N7. The molecule has 0 aliphatic heterocycles. The van der Waals surface area contributed by atoms with Crippen LogP contribution in [0.2, 0.25) is 0 Å². The first-order chi connectivity index (χ1) is 46.6. The van der Waals surface area contributed by atoms with Crippen LogP contribution in [-0.4, -0.2) is 24.1 Å². The number of rotatable bonds is 14. The number of para-hydroxylation sites is 6. The molecule has 0 bridgehead atoms. The Morgan fingerprint density at radius 3 is 1.02 bits per heavy atom. The molecule has 17 rings (SSSR count). The Balaban J connectivity index is 0.807. The van der Waals surface area contributed by atoms with Crippen LogP contribution in [0.3, 0.4) is 0 Å². The summed E-state index contributed by atoms with van der Waals surface area (Å²) in [4.78, 5) is 21.0. The van der Waals surface area contributed by atoms with Gasteiger partial charge in [-0.25, -0.2) is 0 Å². The van der Waals surface area contributed by atoms with Crippen LogP contribution < -0.4 is 9.80 Å². The van der Waals surface area contributed by atoms with Crippen molar-refractivity contribution < 1.29 is 0 Å². The predicted octanol–water partition coefficient (Wildman–Crippen LogP) is 23.0. The lowest BCUT2D eigenvalue weighted by atomic mass is 9.91. The highest BCUT2D eigenvalue weighted by Gasteiger charge is 2.25. The average Bonchev–Trinajstić information content (AvgIpc) is 1.80. The van der Waals surface area contributed by atoms with Crippen LogP contribution in [0.25, 0.3) is 122 Å². The molecular weight excluding hydrogens is 1140 g/mol. The van der Waals surface area contributed by atoms with E-state index >= 15 is 0 Å². The highest BCUT2D eigenvalue weighted by Crippen LogP contribution is 2.43. The van der Waals surface area contributed by atoms with Gasteiger partial charge in [0.25, 0.3) is 0 Å². The normalized spacial score (nSPS) is 11.4. The average molecular weight is 1200 g/mol. The number of benzene rings is 14. The van der Waals surface area contributed by atoms with Gasteiger partial charge in [-0.15, -0.1) is 0 Å². The van der Waals surface area contributed by atoms with Gasteiger partial charge in [-0.3, -0.25) is 9.80 Å².